The number of carbonyl (C=O) groups excluding carboxylic acids is 2. The predicted octanol–water partition coefficient (Wildman–Crippen LogP) is 6.33. The summed E-state index contributed by atoms with van der Waals surface area (Å²) in [5.74, 6) is -0.675. The molecule has 0 aliphatic heterocycles. The highest BCUT2D eigenvalue weighted by atomic mass is 16.5. The van der Waals surface area contributed by atoms with Crippen molar-refractivity contribution in [2.45, 2.75) is 84.5 Å². The highest BCUT2D eigenvalue weighted by Gasteiger charge is 2.10. The zero-order valence-corrected chi connectivity index (χ0v) is 17.1. The van der Waals surface area contributed by atoms with Gasteiger partial charge in [-0.25, -0.2) is 9.59 Å². The van der Waals surface area contributed by atoms with Crippen molar-refractivity contribution in [3.8, 4) is 0 Å². The molecule has 0 saturated carbocycles. The molecule has 4 nitrogen and oxygen atoms in total. The van der Waals surface area contributed by atoms with Gasteiger partial charge in [-0.2, -0.15) is 0 Å². The summed E-state index contributed by atoms with van der Waals surface area (Å²) in [6.45, 7) is 5.22. The summed E-state index contributed by atoms with van der Waals surface area (Å²) in [7, 11) is 0. The third-order valence-electron chi connectivity index (χ3n) is 4.57. The molecule has 1 aromatic rings. The SMILES string of the molecule is CCCCCCCCCCOC(=O)c1ccc(C(=O)OCCCCC)cc1. The number of unbranched alkanes of at least 4 members (excludes halogenated alkanes) is 9. The molecule has 4 heteroatoms. The Morgan fingerprint density at radius 2 is 0.926 bits per heavy atom. The fraction of sp³-hybridized carbons (Fsp3) is 0.652. The van der Waals surface area contributed by atoms with Crippen LogP contribution in [0.25, 0.3) is 0 Å². The highest BCUT2D eigenvalue weighted by Crippen LogP contribution is 2.10. The Morgan fingerprint density at radius 1 is 0.593 bits per heavy atom. The number of hydrogen-bond donors (Lipinski definition) is 0. The lowest BCUT2D eigenvalue weighted by Gasteiger charge is -2.07. The second-order valence-electron chi connectivity index (χ2n) is 7.03. The van der Waals surface area contributed by atoms with Gasteiger partial charge < -0.3 is 9.47 Å². The number of benzene rings is 1. The van der Waals surface area contributed by atoms with Gasteiger partial charge in [0, 0.05) is 0 Å². The number of hydrogen-bond acceptors (Lipinski definition) is 4. The first-order valence-corrected chi connectivity index (χ1v) is 10.6. The van der Waals surface area contributed by atoms with Crippen LogP contribution in [0.5, 0.6) is 0 Å². The molecular weight excluding hydrogens is 340 g/mol. The van der Waals surface area contributed by atoms with E-state index in [4.69, 9.17) is 9.47 Å². The second-order valence-corrected chi connectivity index (χ2v) is 7.03. The number of carbonyl (C=O) groups is 2. The molecule has 0 aliphatic carbocycles. The maximum Gasteiger partial charge on any atom is 0.338 e. The average Bonchev–Trinajstić information content (AvgIpc) is 2.69. The number of esters is 2. The van der Waals surface area contributed by atoms with Gasteiger partial charge in [-0.05, 0) is 37.1 Å². The smallest absolute Gasteiger partial charge is 0.338 e. The zero-order chi connectivity index (χ0) is 19.7. The van der Waals surface area contributed by atoms with Crippen molar-refractivity contribution in [2.24, 2.45) is 0 Å². The fourth-order valence-corrected chi connectivity index (χ4v) is 2.83. The summed E-state index contributed by atoms with van der Waals surface area (Å²) in [5.41, 5.74) is 0.934. The Kier molecular flexibility index (Phi) is 13.1. The van der Waals surface area contributed by atoms with E-state index in [1.807, 2.05) is 0 Å². The van der Waals surface area contributed by atoms with Crippen molar-refractivity contribution < 1.29 is 19.1 Å². The lowest BCUT2D eigenvalue weighted by atomic mass is 10.1. The van der Waals surface area contributed by atoms with Crippen molar-refractivity contribution >= 4 is 11.9 Å². The third kappa shape index (κ3) is 10.8. The van der Waals surface area contributed by atoms with Crippen molar-refractivity contribution in [2.75, 3.05) is 13.2 Å². The predicted molar refractivity (Wildman–Crippen MR) is 109 cm³/mol. The standard InChI is InChI=1S/C23H36O4/c1-3-5-7-8-9-10-11-13-19-27-23(25)21-16-14-20(15-17-21)22(24)26-18-12-6-4-2/h14-17H,3-13,18-19H2,1-2H3. The average molecular weight is 377 g/mol. The van der Waals surface area contributed by atoms with Gasteiger partial charge in [0.15, 0.2) is 0 Å². The Labute approximate surface area is 164 Å². The molecule has 0 saturated heterocycles. The van der Waals surface area contributed by atoms with E-state index in [9.17, 15) is 9.59 Å². The van der Waals surface area contributed by atoms with Crippen LogP contribution in [-0.2, 0) is 9.47 Å². The first kappa shape index (κ1) is 23.2. The number of rotatable bonds is 15. The molecule has 0 amide bonds. The molecule has 0 spiro atoms. The first-order valence-electron chi connectivity index (χ1n) is 10.6. The molecule has 27 heavy (non-hydrogen) atoms. The third-order valence-corrected chi connectivity index (χ3v) is 4.57. The fourth-order valence-electron chi connectivity index (χ4n) is 2.83. The van der Waals surface area contributed by atoms with Crippen LogP contribution in [0.3, 0.4) is 0 Å². The maximum absolute atomic E-state index is 12.0. The molecule has 0 heterocycles. The zero-order valence-electron chi connectivity index (χ0n) is 17.1. The molecular formula is C23H36O4. The van der Waals surface area contributed by atoms with E-state index in [0.29, 0.717) is 24.3 Å². The monoisotopic (exact) mass is 376 g/mol. The summed E-state index contributed by atoms with van der Waals surface area (Å²) in [6, 6.07) is 6.49. The largest absolute Gasteiger partial charge is 0.462 e. The van der Waals surface area contributed by atoms with Gasteiger partial charge in [-0.15, -0.1) is 0 Å². The van der Waals surface area contributed by atoms with Crippen LogP contribution in [0.2, 0.25) is 0 Å². The minimum absolute atomic E-state index is 0.333. The Hall–Kier alpha value is -1.84. The Balaban J connectivity index is 2.19. The van der Waals surface area contributed by atoms with E-state index in [1.165, 1.54) is 38.5 Å². The van der Waals surface area contributed by atoms with Gasteiger partial charge in [0.1, 0.15) is 0 Å². The summed E-state index contributed by atoms with van der Waals surface area (Å²) in [5, 5.41) is 0. The van der Waals surface area contributed by atoms with Crippen LogP contribution in [0.1, 0.15) is 105 Å². The van der Waals surface area contributed by atoms with Crippen LogP contribution >= 0.6 is 0 Å². The maximum atomic E-state index is 12.0. The van der Waals surface area contributed by atoms with Gasteiger partial charge in [0.25, 0.3) is 0 Å². The minimum atomic E-state index is -0.343. The second kappa shape index (κ2) is 15.2. The molecule has 0 atom stereocenters. The van der Waals surface area contributed by atoms with Crippen LogP contribution in [0.4, 0.5) is 0 Å². The van der Waals surface area contributed by atoms with Crippen LogP contribution < -0.4 is 0 Å². The molecule has 152 valence electrons. The normalized spacial score (nSPS) is 10.6. The van der Waals surface area contributed by atoms with Crippen LogP contribution in [0.15, 0.2) is 24.3 Å². The lowest BCUT2D eigenvalue weighted by molar-refractivity contribution is 0.0483. The molecule has 0 bridgehead atoms. The first-order chi connectivity index (χ1) is 13.2. The Morgan fingerprint density at radius 3 is 1.37 bits per heavy atom. The van der Waals surface area contributed by atoms with E-state index in [2.05, 4.69) is 13.8 Å². The van der Waals surface area contributed by atoms with E-state index in [-0.39, 0.29) is 11.9 Å². The van der Waals surface area contributed by atoms with Crippen molar-refractivity contribution in [3.63, 3.8) is 0 Å². The molecule has 0 aliphatic rings. The minimum Gasteiger partial charge on any atom is -0.462 e. The molecule has 0 fully saturated rings. The van der Waals surface area contributed by atoms with E-state index < -0.39 is 0 Å². The number of ether oxygens (including phenoxy) is 2. The quantitative estimate of drug-likeness (QED) is 0.265. The van der Waals surface area contributed by atoms with Crippen molar-refractivity contribution in [1.82, 2.24) is 0 Å². The van der Waals surface area contributed by atoms with Gasteiger partial charge in [-0.1, -0.05) is 71.6 Å². The van der Waals surface area contributed by atoms with Gasteiger partial charge in [0.2, 0.25) is 0 Å². The summed E-state index contributed by atoms with van der Waals surface area (Å²) >= 11 is 0. The Bertz CT molecular complexity index is 522. The lowest BCUT2D eigenvalue weighted by Crippen LogP contribution is -2.09. The topological polar surface area (TPSA) is 52.6 Å². The van der Waals surface area contributed by atoms with Crippen LogP contribution in [-0.4, -0.2) is 25.2 Å². The van der Waals surface area contributed by atoms with E-state index in [1.54, 1.807) is 24.3 Å². The summed E-state index contributed by atoms with van der Waals surface area (Å²) in [4.78, 5) is 23.9. The van der Waals surface area contributed by atoms with Gasteiger partial charge in [-0.3, -0.25) is 0 Å². The van der Waals surface area contributed by atoms with Crippen molar-refractivity contribution in [1.29, 1.82) is 0 Å². The summed E-state index contributed by atoms with van der Waals surface area (Å²) in [6.07, 6.45) is 12.7. The van der Waals surface area contributed by atoms with Crippen molar-refractivity contribution in [3.05, 3.63) is 35.4 Å². The summed E-state index contributed by atoms with van der Waals surface area (Å²) < 4.78 is 10.5. The van der Waals surface area contributed by atoms with E-state index >= 15 is 0 Å². The molecule has 1 rings (SSSR count). The molecule has 0 aromatic heterocycles. The van der Waals surface area contributed by atoms with Gasteiger partial charge >= 0.3 is 11.9 Å². The van der Waals surface area contributed by atoms with Gasteiger partial charge in [0.05, 0.1) is 24.3 Å². The van der Waals surface area contributed by atoms with Crippen LogP contribution in [0, 0.1) is 0 Å². The molecule has 1 aromatic carbocycles. The highest BCUT2D eigenvalue weighted by molar-refractivity contribution is 5.93. The van der Waals surface area contributed by atoms with E-state index in [0.717, 1.165) is 32.1 Å². The molecule has 0 N–H and O–H groups in total. The molecule has 0 radical (unpaired) electrons. The molecule has 0 unspecified atom stereocenters.